The number of thioether (sulfide) groups is 1. The number of ether oxygens (including phenoxy) is 1. The Kier molecular flexibility index (Phi) is 9.44. The molecule has 182 valence electrons. The summed E-state index contributed by atoms with van der Waals surface area (Å²) in [5, 5.41) is 2.42. The molecule has 3 rings (SSSR count). The van der Waals surface area contributed by atoms with Crippen molar-refractivity contribution in [2.24, 2.45) is 0 Å². The predicted octanol–water partition coefficient (Wildman–Crippen LogP) is 5.29. The average Bonchev–Trinajstić information content (AvgIpc) is 3.22. The molecule has 2 atom stereocenters. The van der Waals surface area contributed by atoms with E-state index in [1.165, 1.54) is 10.4 Å². The molecule has 0 bridgehead atoms. The van der Waals surface area contributed by atoms with Crippen LogP contribution in [0.3, 0.4) is 0 Å². The van der Waals surface area contributed by atoms with Gasteiger partial charge in [0.05, 0.1) is 32.1 Å². The van der Waals surface area contributed by atoms with Crippen LogP contribution in [0.1, 0.15) is 34.6 Å². The molecule has 1 aliphatic rings. The van der Waals surface area contributed by atoms with Gasteiger partial charge in [-0.3, -0.25) is 4.57 Å². The van der Waals surface area contributed by atoms with Crippen molar-refractivity contribution in [1.29, 1.82) is 0 Å². The lowest BCUT2D eigenvalue weighted by atomic mass is 10.2. The normalized spacial score (nSPS) is 19.7. The van der Waals surface area contributed by atoms with Gasteiger partial charge < -0.3 is 18.2 Å². The first-order chi connectivity index (χ1) is 15.7. The molecule has 2 unspecified atom stereocenters. The van der Waals surface area contributed by atoms with Crippen molar-refractivity contribution in [3.8, 4) is 0 Å². The van der Waals surface area contributed by atoms with Gasteiger partial charge in [-0.15, -0.1) is 11.8 Å². The van der Waals surface area contributed by atoms with Gasteiger partial charge in [-0.2, -0.15) is 0 Å². The minimum absolute atomic E-state index is 0.0710. The monoisotopic (exact) mass is 508 g/mol. The summed E-state index contributed by atoms with van der Waals surface area (Å²) in [6, 6.07) is 21.2. The first-order valence-electron chi connectivity index (χ1n) is 11.6. The van der Waals surface area contributed by atoms with Crippen LogP contribution in [0.5, 0.6) is 0 Å². The lowest BCUT2D eigenvalue weighted by molar-refractivity contribution is 0.0370. The Morgan fingerprint density at radius 3 is 1.94 bits per heavy atom. The topological polar surface area (TPSA) is 54.0 Å². The molecule has 1 aliphatic heterocycles. The minimum atomic E-state index is -3.15. The van der Waals surface area contributed by atoms with Crippen LogP contribution in [0.25, 0.3) is 0 Å². The standard InChI is InChI=1S/C25H37O5PSSi/c1-6-27-31(26,28-7-2)19-24-30-21(20-32-24)18-29-33(25(3,4)5,22-14-10-8-11-15-22)23-16-12-9-13-17-23/h8-17,21,24H,6-7,18-20H2,1-5H3. The molecular weight excluding hydrogens is 471 g/mol. The fourth-order valence-electron chi connectivity index (χ4n) is 4.39. The predicted molar refractivity (Wildman–Crippen MR) is 140 cm³/mol. The highest BCUT2D eigenvalue weighted by atomic mass is 32.2. The van der Waals surface area contributed by atoms with E-state index in [9.17, 15) is 4.57 Å². The van der Waals surface area contributed by atoms with Gasteiger partial charge in [0.25, 0.3) is 8.32 Å². The van der Waals surface area contributed by atoms with Crippen molar-refractivity contribution in [3.63, 3.8) is 0 Å². The molecule has 0 saturated carbocycles. The van der Waals surface area contributed by atoms with Crippen LogP contribution in [0, 0.1) is 0 Å². The third-order valence-electron chi connectivity index (χ3n) is 5.74. The Balaban J connectivity index is 1.80. The fourth-order valence-corrected chi connectivity index (χ4v) is 12.3. The molecular formula is C25H37O5PSSi. The molecule has 0 aromatic heterocycles. The first kappa shape index (κ1) is 26.7. The zero-order valence-electron chi connectivity index (χ0n) is 20.4. The first-order valence-corrected chi connectivity index (χ1v) is 16.3. The van der Waals surface area contributed by atoms with Crippen molar-refractivity contribution < 1.29 is 22.8 Å². The van der Waals surface area contributed by atoms with E-state index in [-0.39, 0.29) is 22.7 Å². The van der Waals surface area contributed by atoms with Crippen molar-refractivity contribution in [2.45, 2.75) is 51.2 Å². The molecule has 0 radical (unpaired) electrons. The van der Waals surface area contributed by atoms with E-state index in [0.717, 1.165) is 5.75 Å². The number of hydrogen-bond donors (Lipinski definition) is 0. The van der Waals surface area contributed by atoms with Gasteiger partial charge in [0.1, 0.15) is 5.44 Å². The van der Waals surface area contributed by atoms with E-state index in [4.69, 9.17) is 18.2 Å². The van der Waals surface area contributed by atoms with Gasteiger partial charge >= 0.3 is 7.60 Å². The molecule has 0 N–H and O–H groups in total. The second-order valence-corrected chi connectivity index (χ2v) is 16.7. The van der Waals surface area contributed by atoms with E-state index >= 15 is 0 Å². The third-order valence-corrected chi connectivity index (χ3v) is 14.3. The largest absolute Gasteiger partial charge is 0.405 e. The van der Waals surface area contributed by atoms with Gasteiger partial charge in [0, 0.05) is 5.75 Å². The molecule has 1 heterocycles. The number of hydrogen-bond acceptors (Lipinski definition) is 6. The van der Waals surface area contributed by atoms with Gasteiger partial charge in [-0.25, -0.2) is 0 Å². The van der Waals surface area contributed by atoms with E-state index in [1.54, 1.807) is 11.8 Å². The Labute approximate surface area is 204 Å². The summed E-state index contributed by atoms with van der Waals surface area (Å²) in [6.07, 6.45) is 0.188. The SMILES string of the molecule is CCOP(=O)(CC1OC(CO[Si](c2ccccc2)(c2ccccc2)C(C)(C)C)CS1)OCC. The molecule has 1 saturated heterocycles. The van der Waals surface area contributed by atoms with Crippen LogP contribution < -0.4 is 10.4 Å². The molecule has 2 aromatic rings. The Hall–Kier alpha value is -0.923. The van der Waals surface area contributed by atoms with Crippen LogP contribution in [0.2, 0.25) is 5.04 Å². The lowest BCUT2D eigenvalue weighted by Gasteiger charge is -2.43. The van der Waals surface area contributed by atoms with Crippen molar-refractivity contribution in [1.82, 2.24) is 0 Å². The van der Waals surface area contributed by atoms with Crippen LogP contribution in [-0.2, 0) is 22.8 Å². The fraction of sp³-hybridized carbons (Fsp3) is 0.520. The summed E-state index contributed by atoms with van der Waals surface area (Å²) < 4.78 is 37.1. The molecule has 0 spiro atoms. The Morgan fingerprint density at radius 2 is 1.48 bits per heavy atom. The average molecular weight is 509 g/mol. The van der Waals surface area contributed by atoms with Crippen LogP contribution in [0.15, 0.2) is 60.7 Å². The van der Waals surface area contributed by atoms with Gasteiger partial charge in [0.15, 0.2) is 0 Å². The van der Waals surface area contributed by atoms with E-state index < -0.39 is 15.9 Å². The van der Waals surface area contributed by atoms with E-state index in [1.807, 2.05) is 26.0 Å². The minimum Gasteiger partial charge on any atom is -0.405 e. The molecule has 2 aromatic carbocycles. The van der Waals surface area contributed by atoms with Gasteiger partial charge in [0.2, 0.25) is 0 Å². The maximum absolute atomic E-state index is 12.9. The van der Waals surface area contributed by atoms with E-state index in [2.05, 4.69) is 69.3 Å². The lowest BCUT2D eigenvalue weighted by Crippen LogP contribution is -2.67. The van der Waals surface area contributed by atoms with Crippen LogP contribution in [-0.4, -0.2) is 51.6 Å². The summed E-state index contributed by atoms with van der Waals surface area (Å²) >= 11 is 1.66. The van der Waals surface area contributed by atoms with Crippen molar-refractivity contribution in [3.05, 3.63) is 60.7 Å². The summed E-state index contributed by atoms with van der Waals surface area (Å²) in [5.74, 6) is 0.793. The smallest absolute Gasteiger partial charge is 0.334 e. The molecule has 1 fully saturated rings. The third kappa shape index (κ3) is 6.40. The second kappa shape index (κ2) is 11.7. The van der Waals surface area contributed by atoms with E-state index in [0.29, 0.717) is 19.8 Å². The molecule has 0 amide bonds. The molecule has 33 heavy (non-hydrogen) atoms. The summed E-state index contributed by atoms with van der Waals surface area (Å²) in [7, 11) is -5.75. The van der Waals surface area contributed by atoms with Crippen LogP contribution >= 0.6 is 19.4 Å². The zero-order chi connectivity index (χ0) is 24.0. The molecule has 8 heteroatoms. The number of benzene rings is 2. The zero-order valence-corrected chi connectivity index (χ0v) is 23.1. The Bertz CT molecular complexity index is 857. The maximum Gasteiger partial charge on any atom is 0.334 e. The Morgan fingerprint density at radius 1 is 0.970 bits per heavy atom. The van der Waals surface area contributed by atoms with Gasteiger partial charge in [-0.05, 0) is 29.3 Å². The van der Waals surface area contributed by atoms with Crippen molar-refractivity contribution in [2.75, 3.05) is 31.7 Å². The molecule has 5 nitrogen and oxygen atoms in total. The highest BCUT2D eigenvalue weighted by Gasteiger charge is 2.50. The summed E-state index contributed by atoms with van der Waals surface area (Å²) in [6.45, 7) is 11.7. The summed E-state index contributed by atoms with van der Waals surface area (Å²) in [4.78, 5) is 0. The highest BCUT2D eigenvalue weighted by molar-refractivity contribution is 8.00. The van der Waals surface area contributed by atoms with Crippen molar-refractivity contribution >= 4 is 38.0 Å². The quantitative estimate of drug-likeness (QED) is 0.304. The van der Waals surface area contributed by atoms with Crippen LogP contribution in [0.4, 0.5) is 0 Å². The molecule has 0 aliphatic carbocycles. The summed E-state index contributed by atoms with van der Waals surface area (Å²) in [5.41, 5.74) is -0.221. The number of rotatable bonds is 11. The highest BCUT2D eigenvalue weighted by Crippen LogP contribution is 2.51. The maximum atomic E-state index is 12.9. The van der Waals surface area contributed by atoms with Gasteiger partial charge in [-0.1, -0.05) is 81.4 Å². The second-order valence-electron chi connectivity index (χ2n) is 9.12.